The summed E-state index contributed by atoms with van der Waals surface area (Å²) in [6, 6.07) is 5.40. The topological polar surface area (TPSA) is 95.1 Å². The second-order valence-electron chi connectivity index (χ2n) is 8.51. The van der Waals surface area contributed by atoms with Crippen LogP contribution >= 0.6 is 0 Å². The first-order valence-electron chi connectivity index (χ1n) is 9.64. The fraction of sp³-hybridized carbons (Fsp3) is 0.632. The van der Waals surface area contributed by atoms with Crippen molar-refractivity contribution in [3.8, 4) is 0 Å². The van der Waals surface area contributed by atoms with E-state index >= 15 is 0 Å². The summed E-state index contributed by atoms with van der Waals surface area (Å²) < 4.78 is 53.5. The maximum atomic E-state index is 13.4. The summed E-state index contributed by atoms with van der Waals surface area (Å²) in [4.78, 5) is 15.0. The number of sulfonamides is 2. The molecule has 3 atom stereocenters. The Kier molecular flexibility index (Phi) is 5.85. The smallest absolute Gasteiger partial charge is 0.243 e. The van der Waals surface area contributed by atoms with E-state index in [2.05, 4.69) is 0 Å². The summed E-state index contributed by atoms with van der Waals surface area (Å²) in [7, 11) is -3.74. The van der Waals surface area contributed by atoms with E-state index in [9.17, 15) is 21.6 Å². The number of amides is 1. The highest BCUT2D eigenvalue weighted by atomic mass is 32.2. The third kappa shape index (κ3) is 3.95. The Bertz CT molecular complexity index is 987. The van der Waals surface area contributed by atoms with Gasteiger partial charge in [0.15, 0.2) is 0 Å². The van der Waals surface area contributed by atoms with E-state index in [1.807, 2.05) is 32.8 Å². The van der Waals surface area contributed by atoms with Crippen LogP contribution in [0.4, 0.5) is 0 Å². The quantitative estimate of drug-likeness (QED) is 0.650. The lowest BCUT2D eigenvalue weighted by atomic mass is 9.89. The molecule has 0 aliphatic carbocycles. The summed E-state index contributed by atoms with van der Waals surface area (Å²) in [5.74, 6) is -1.36. The molecule has 2 saturated heterocycles. The van der Waals surface area contributed by atoms with Gasteiger partial charge in [0.05, 0.1) is 29.2 Å². The van der Waals surface area contributed by atoms with Gasteiger partial charge in [-0.2, -0.15) is 4.31 Å². The van der Waals surface area contributed by atoms with Crippen LogP contribution in [0.5, 0.6) is 0 Å². The number of hydrogen-bond donors (Lipinski definition) is 0. The van der Waals surface area contributed by atoms with Crippen molar-refractivity contribution in [2.45, 2.75) is 43.8 Å². The number of benzene rings is 1. The Morgan fingerprint density at radius 1 is 1.10 bits per heavy atom. The third-order valence-electron chi connectivity index (χ3n) is 5.65. The summed E-state index contributed by atoms with van der Waals surface area (Å²) in [6.07, 6.45) is 1.32. The van der Waals surface area contributed by atoms with Crippen molar-refractivity contribution < 1.29 is 21.6 Å². The van der Waals surface area contributed by atoms with Crippen molar-refractivity contribution in [3.05, 3.63) is 29.8 Å². The third-order valence-corrected chi connectivity index (χ3v) is 8.72. The second-order valence-corrected chi connectivity index (χ2v) is 12.3. The molecule has 2 aliphatic rings. The number of rotatable bonds is 6. The van der Waals surface area contributed by atoms with Crippen LogP contribution in [-0.4, -0.2) is 75.2 Å². The Labute approximate surface area is 173 Å². The predicted octanol–water partition coefficient (Wildman–Crippen LogP) is 0.954. The molecule has 2 heterocycles. The minimum atomic E-state index is -3.85. The van der Waals surface area contributed by atoms with Crippen LogP contribution in [0, 0.1) is 11.8 Å². The van der Waals surface area contributed by atoms with Crippen molar-refractivity contribution in [1.82, 2.24) is 13.5 Å². The van der Waals surface area contributed by atoms with Gasteiger partial charge in [0.25, 0.3) is 0 Å². The van der Waals surface area contributed by atoms with Crippen LogP contribution in [0.25, 0.3) is 0 Å². The fourth-order valence-electron chi connectivity index (χ4n) is 4.54. The molecule has 2 aliphatic heterocycles. The first-order chi connectivity index (χ1) is 13.4. The summed E-state index contributed by atoms with van der Waals surface area (Å²) in [6.45, 7) is 4.54. The van der Waals surface area contributed by atoms with E-state index in [0.29, 0.717) is 13.0 Å². The molecule has 29 heavy (non-hydrogen) atoms. The Morgan fingerprint density at radius 3 is 2.17 bits per heavy atom. The Hall–Kier alpha value is -1.49. The lowest BCUT2D eigenvalue weighted by Gasteiger charge is -2.28. The number of hydrogen-bond acceptors (Lipinski definition) is 6. The molecule has 0 radical (unpaired) electrons. The largest absolute Gasteiger partial charge is 0.305 e. The van der Waals surface area contributed by atoms with E-state index in [-0.39, 0.29) is 17.4 Å². The molecule has 0 spiro atoms. The highest BCUT2D eigenvalue weighted by molar-refractivity contribution is 7.89. The van der Waals surface area contributed by atoms with Gasteiger partial charge in [-0.05, 0) is 44.1 Å². The molecule has 1 aromatic rings. The second kappa shape index (κ2) is 7.64. The molecule has 1 amide bonds. The predicted molar refractivity (Wildman–Crippen MR) is 110 cm³/mol. The monoisotopic (exact) mass is 443 g/mol. The summed E-state index contributed by atoms with van der Waals surface area (Å²) >= 11 is 0. The van der Waals surface area contributed by atoms with E-state index < -0.39 is 44.0 Å². The lowest BCUT2D eigenvalue weighted by Crippen LogP contribution is -2.44. The molecular formula is C19H29N3O5S2. The average molecular weight is 444 g/mol. The van der Waals surface area contributed by atoms with Crippen molar-refractivity contribution in [1.29, 1.82) is 0 Å². The molecule has 0 N–H and O–H groups in total. The van der Waals surface area contributed by atoms with Gasteiger partial charge in [-0.3, -0.25) is 4.79 Å². The molecule has 0 saturated carbocycles. The van der Waals surface area contributed by atoms with E-state index in [0.717, 1.165) is 16.1 Å². The normalized spacial score (nSPS) is 26.0. The molecule has 0 aromatic heterocycles. The molecule has 3 unspecified atom stereocenters. The molecular weight excluding hydrogens is 414 g/mol. The van der Waals surface area contributed by atoms with Gasteiger partial charge in [-0.15, -0.1) is 0 Å². The maximum absolute atomic E-state index is 13.4. The summed E-state index contributed by atoms with van der Waals surface area (Å²) in [5.41, 5.74) is 0.993. The first kappa shape index (κ1) is 22.2. The molecule has 10 heteroatoms. The SMILES string of the molecule is CC(C)C1C(=O)N(S(C)(=O)=O)C2CCN(S(=O)(=O)c3ccc(CN(C)C)cc3)C12. The molecule has 2 fully saturated rings. The van der Waals surface area contributed by atoms with Crippen molar-refractivity contribution in [2.24, 2.45) is 11.8 Å². The van der Waals surface area contributed by atoms with Crippen LogP contribution in [0.15, 0.2) is 29.2 Å². The lowest BCUT2D eigenvalue weighted by molar-refractivity contribution is -0.129. The molecule has 3 rings (SSSR count). The summed E-state index contributed by atoms with van der Waals surface area (Å²) in [5, 5.41) is 0. The van der Waals surface area contributed by atoms with Gasteiger partial charge in [-0.1, -0.05) is 26.0 Å². The highest BCUT2D eigenvalue weighted by Gasteiger charge is 2.59. The number of carbonyl (C=O) groups is 1. The van der Waals surface area contributed by atoms with E-state index in [4.69, 9.17) is 0 Å². The zero-order valence-electron chi connectivity index (χ0n) is 17.4. The molecule has 162 valence electrons. The van der Waals surface area contributed by atoms with Gasteiger partial charge in [0.2, 0.25) is 26.0 Å². The molecule has 1 aromatic carbocycles. The number of fused-ring (bicyclic) bond motifs is 1. The number of carbonyl (C=O) groups excluding carboxylic acids is 1. The van der Waals surface area contributed by atoms with Gasteiger partial charge in [0.1, 0.15) is 0 Å². The number of nitrogens with zero attached hydrogens (tertiary/aromatic N) is 3. The minimum Gasteiger partial charge on any atom is -0.305 e. The molecule has 0 bridgehead atoms. The van der Waals surface area contributed by atoms with Crippen LogP contribution < -0.4 is 0 Å². The zero-order chi connectivity index (χ0) is 21.7. The van der Waals surface area contributed by atoms with Gasteiger partial charge in [-0.25, -0.2) is 21.1 Å². The highest BCUT2D eigenvalue weighted by Crippen LogP contribution is 2.43. The van der Waals surface area contributed by atoms with Crippen LogP contribution in [0.1, 0.15) is 25.8 Å². The average Bonchev–Trinajstić information content (AvgIpc) is 3.10. The standard InChI is InChI=1S/C19H29N3O5S2/c1-13(2)17-18-16(22(19(17)23)28(5,24)25)10-11-21(18)29(26,27)15-8-6-14(7-9-15)12-20(3)4/h6-9,13,16-18H,10-12H2,1-5H3. The van der Waals surface area contributed by atoms with Crippen molar-refractivity contribution >= 4 is 26.0 Å². The van der Waals surface area contributed by atoms with Crippen LogP contribution in [0.2, 0.25) is 0 Å². The van der Waals surface area contributed by atoms with Crippen molar-refractivity contribution in [2.75, 3.05) is 26.9 Å². The minimum absolute atomic E-state index is 0.161. The van der Waals surface area contributed by atoms with Gasteiger partial charge >= 0.3 is 0 Å². The maximum Gasteiger partial charge on any atom is 0.243 e. The zero-order valence-corrected chi connectivity index (χ0v) is 19.1. The first-order valence-corrected chi connectivity index (χ1v) is 12.9. The Morgan fingerprint density at radius 2 is 1.69 bits per heavy atom. The van der Waals surface area contributed by atoms with E-state index in [1.165, 1.54) is 4.31 Å². The van der Waals surface area contributed by atoms with Gasteiger partial charge in [0, 0.05) is 13.1 Å². The Balaban J connectivity index is 1.98. The van der Waals surface area contributed by atoms with E-state index in [1.54, 1.807) is 24.3 Å². The van der Waals surface area contributed by atoms with Crippen molar-refractivity contribution in [3.63, 3.8) is 0 Å². The van der Waals surface area contributed by atoms with Crippen LogP contribution in [-0.2, 0) is 31.4 Å². The van der Waals surface area contributed by atoms with Crippen LogP contribution in [0.3, 0.4) is 0 Å². The van der Waals surface area contributed by atoms with Gasteiger partial charge < -0.3 is 4.90 Å². The molecule has 8 nitrogen and oxygen atoms in total. The fourth-order valence-corrected chi connectivity index (χ4v) is 7.40.